The second-order valence-electron chi connectivity index (χ2n) is 4.88. The molecule has 0 N–H and O–H groups in total. The molecule has 1 aliphatic rings. The van der Waals surface area contributed by atoms with Gasteiger partial charge in [0.1, 0.15) is 5.75 Å². The summed E-state index contributed by atoms with van der Waals surface area (Å²) >= 11 is 0. The van der Waals surface area contributed by atoms with E-state index < -0.39 is 0 Å². The second-order valence-corrected chi connectivity index (χ2v) is 4.88. The third-order valence-corrected chi connectivity index (χ3v) is 3.76. The van der Waals surface area contributed by atoms with E-state index in [0.29, 0.717) is 0 Å². The SMILES string of the molecule is c1ccc2c3c(ccc2c1)OC(n1ccnc1)CC3. The molecule has 0 saturated heterocycles. The maximum absolute atomic E-state index is 6.11. The Morgan fingerprint density at radius 3 is 3.00 bits per heavy atom. The van der Waals surface area contributed by atoms with Crippen molar-refractivity contribution in [3.05, 3.63) is 60.7 Å². The molecule has 1 atom stereocenters. The van der Waals surface area contributed by atoms with Crippen LogP contribution in [0.4, 0.5) is 0 Å². The monoisotopic (exact) mass is 250 g/mol. The molecule has 3 heteroatoms. The van der Waals surface area contributed by atoms with E-state index in [1.54, 1.807) is 6.20 Å². The minimum absolute atomic E-state index is 0.0659. The predicted molar refractivity (Wildman–Crippen MR) is 74.2 cm³/mol. The van der Waals surface area contributed by atoms with Gasteiger partial charge in [-0.15, -0.1) is 0 Å². The zero-order valence-corrected chi connectivity index (χ0v) is 10.5. The zero-order valence-electron chi connectivity index (χ0n) is 10.5. The number of aromatic nitrogens is 2. The van der Waals surface area contributed by atoms with E-state index in [9.17, 15) is 0 Å². The van der Waals surface area contributed by atoms with Crippen LogP contribution < -0.4 is 4.74 Å². The van der Waals surface area contributed by atoms with Gasteiger partial charge in [0.25, 0.3) is 0 Å². The van der Waals surface area contributed by atoms with Crippen LogP contribution in [0.15, 0.2) is 55.1 Å². The Morgan fingerprint density at radius 1 is 1.16 bits per heavy atom. The number of nitrogens with zero attached hydrogens (tertiary/aromatic N) is 2. The average Bonchev–Trinajstić information content (AvgIpc) is 3.01. The Morgan fingerprint density at radius 2 is 2.11 bits per heavy atom. The lowest BCUT2D eigenvalue weighted by atomic mass is 9.97. The lowest BCUT2D eigenvalue weighted by Crippen LogP contribution is -2.20. The summed E-state index contributed by atoms with van der Waals surface area (Å²) in [4.78, 5) is 4.09. The van der Waals surface area contributed by atoms with Crippen molar-refractivity contribution in [1.82, 2.24) is 9.55 Å². The summed E-state index contributed by atoms with van der Waals surface area (Å²) < 4.78 is 8.13. The number of imidazole rings is 1. The van der Waals surface area contributed by atoms with Gasteiger partial charge < -0.3 is 9.30 Å². The van der Waals surface area contributed by atoms with E-state index in [4.69, 9.17) is 4.74 Å². The van der Waals surface area contributed by atoms with Gasteiger partial charge in [0.15, 0.2) is 6.23 Å². The van der Waals surface area contributed by atoms with Gasteiger partial charge in [-0.2, -0.15) is 0 Å². The number of aryl methyl sites for hydroxylation is 1. The zero-order chi connectivity index (χ0) is 12.7. The molecule has 0 amide bonds. The first-order valence-electron chi connectivity index (χ1n) is 6.56. The van der Waals surface area contributed by atoms with E-state index in [-0.39, 0.29) is 6.23 Å². The number of benzene rings is 2. The first-order chi connectivity index (χ1) is 9.42. The lowest BCUT2D eigenvalue weighted by Gasteiger charge is -2.27. The molecule has 0 aliphatic carbocycles. The van der Waals surface area contributed by atoms with Gasteiger partial charge in [-0.25, -0.2) is 4.98 Å². The number of ether oxygens (including phenoxy) is 1. The van der Waals surface area contributed by atoms with Crippen molar-refractivity contribution in [3.63, 3.8) is 0 Å². The first kappa shape index (κ1) is 10.6. The topological polar surface area (TPSA) is 27.1 Å². The van der Waals surface area contributed by atoms with Crippen LogP contribution in [0.5, 0.6) is 5.75 Å². The fourth-order valence-corrected chi connectivity index (χ4v) is 2.81. The summed E-state index contributed by atoms with van der Waals surface area (Å²) in [7, 11) is 0. The molecule has 3 aromatic rings. The highest BCUT2D eigenvalue weighted by Crippen LogP contribution is 2.36. The number of rotatable bonds is 1. The van der Waals surface area contributed by atoms with Crippen LogP contribution in [0.2, 0.25) is 0 Å². The fourth-order valence-electron chi connectivity index (χ4n) is 2.81. The Balaban J connectivity index is 1.78. The number of hydrogen-bond donors (Lipinski definition) is 0. The Labute approximate surface area is 111 Å². The summed E-state index contributed by atoms with van der Waals surface area (Å²) in [6.45, 7) is 0. The van der Waals surface area contributed by atoms with Gasteiger partial charge in [-0.3, -0.25) is 0 Å². The van der Waals surface area contributed by atoms with Gasteiger partial charge in [0, 0.05) is 24.4 Å². The van der Waals surface area contributed by atoms with Crippen molar-refractivity contribution < 1.29 is 4.74 Å². The molecule has 0 saturated carbocycles. The van der Waals surface area contributed by atoms with Crippen molar-refractivity contribution >= 4 is 10.8 Å². The summed E-state index contributed by atoms with van der Waals surface area (Å²) in [6, 6.07) is 12.7. The van der Waals surface area contributed by atoms with Gasteiger partial charge in [-0.05, 0) is 23.3 Å². The van der Waals surface area contributed by atoms with Crippen LogP contribution in [0.25, 0.3) is 10.8 Å². The van der Waals surface area contributed by atoms with Crippen molar-refractivity contribution in [2.75, 3.05) is 0 Å². The number of hydrogen-bond acceptors (Lipinski definition) is 2. The molecule has 4 rings (SSSR count). The molecule has 1 aromatic heterocycles. The summed E-state index contributed by atoms with van der Waals surface area (Å²) in [6.07, 6.45) is 7.65. The molecule has 1 unspecified atom stereocenters. The molecule has 3 nitrogen and oxygen atoms in total. The molecule has 0 bridgehead atoms. The molecule has 19 heavy (non-hydrogen) atoms. The average molecular weight is 250 g/mol. The molecule has 94 valence electrons. The Hall–Kier alpha value is -2.29. The van der Waals surface area contributed by atoms with Crippen LogP contribution >= 0.6 is 0 Å². The van der Waals surface area contributed by atoms with Crippen LogP contribution in [0.1, 0.15) is 18.2 Å². The predicted octanol–water partition coefficient (Wildman–Crippen LogP) is 3.56. The maximum atomic E-state index is 6.11. The molecule has 0 radical (unpaired) electrons. The van der Waals surface area contributed by atoms with Crippen molar-refractivity contribution in [3.8, 4) is 5.75 Å². The van der Waals surface area contributed by atoms with Crippen LogP contribution in [-0.2, 0) is 6.42 Å². The van der Waals surface area contributed by atoms with E-state index in [2.05, 4.69) is 41.4 Å². The van der Waals surface area contributed by atoms with Crippen molar-refractivity contribution in [1.29, 1.82) is 0 Å². The minimum Gasteiger partial charge on any atom is -0.470 e. The molecule has 0 spiro atoms. The van der Waals surface area contributed by atoms with Gasteiger partial charge in [0.05, 0.1) is 6.33 Å². The van der Waals surface area contributed by atoms with Crippen LogP contribution in [0.3, 0.4) is 0 Å². The quantitative estimate of drug-likeness (QED) is 0.660. The smallest absolute Gasteiger partial charge is 0.177 e. The van der Waals surface area contributed by atoms with Crippen LogP contribution in [0, 0.1) is 0 Å². The normalized spacial score (nSPS) is 18.0. The largest absolute Gasteiger partial charge is 0.470 e. The van der Waals surface area contributed by atoms with E-state index in [1.165, 1.54) is 16.3 Å². The molecular formula is C16H14N2O. The first-order valence-corrected chi connectivity index (χ1v) is 6.56. The van der Waals surface area contributed by atoms with Crippen molar-refractivity contribution in [2.24, 2.45) is 0 Å². The van der Waals surface area contributed by atoms with Crippen molar-refractivity contribution in [2.45, 2.75) is 19.1 Å². The highest BCUT2D eigenvalue weighted by Gasteiger charge is 2.22. The Bertz CT molecular complexity index is 719. The molecular weight excluding hydrogens is 236 g/mol. The summed E-state index contributed by atoms with van der Waals surface area (Å²) in [5, 5.41) is 2.59. The standard InChI is InChI=1S/C16H14N2O/c1-2-4-13-12(3-1)5-7-15-14(13)6-8-16(19-15)18-10-9-17-11-18/h1-5,7,9-11,16H,6,8H2. The summed E-state index contributed by atoms with van der Waals surface area (Å²) in [5.41, 5.74) is 1.33. The minimum atomic E-state index is 0.0659. The van der Waals surface area contributed by atoms with Gasteiger partial charge >= 0.3 is 0 Å². The third-order valence-electron chi connectivity index (χ3n) is 3.76. The van der Waals surface area contributed by atoms with E-state index >= 15 is 0 Å². The highest BCUT2D eigenvalue weighted by molar-refractivity contribution is 5.87. The molecule has 1 aliphatic heterocycles. The molecule has 2 heterocycles. The number of fused-ring (bicyclic) bond motifs is 3. The van der Waals surface area contributed by atoms with Gasteiger partial charge in [-0.1, -0.05) is 30.3 Å². The summed E-state index contributed by atoms with van der Waals surface area (Å²) in [5.74, 6) is 1.00. The third kappa shape index (κ3) is 1.70. The maximum Gasteiger partial charge on any atom is 0.177 e. The second kappa shape index (κ2) is 4.12. The van der Waals surface area contributed by atoms with Crippen LogP contribution in [-0.4, -0.2) is 9.55 Å². The highest BCUT2D eigenvalue weighted by atomic mass is 16.5. The lowest BCUT2D eigenvalue weighted by molar-refractivity contribution is 0.107. The van der Waals surface area contributed by atoms with Gasteiger partial charge in [0.2, 0.25) is 0 Å². The van der Waals surface area contributed by atoms with E-state index in [1.807, 2.05) is 17.1 Å². The Kier molecular flexibility index (Phi) is 2.30. The fraction of sp³-hybridized carbons (Fsp3) is 0.188. The molecule has 2 aromatic carbocycles. The van der Waals surface area contributed by atoms with E-state index in [0.717, 1.165) is 18.6 Å². The molecule has 0 fully saturated rings.